The number of hydrogen-bond acceptors (Lipinski definition) is 3. The molecule has 4 nitrogen and oxygen atoms in total. The topological polar surface area (TPSA) is 58.4 Å². The lowest BCUT2D eigenvalue weighted by Crippen LogP contribution is -2.58. The summed E-state index contributed by atoms with van der Waals surface area (Å²) in [5.41, 5.74) is 6.18. The zero-order valence-electron chi connectivity index (χ0n) is 13.9. The molecule has 0 heterocycles. The first kappa shape index (κ1) is 16.8. The summed E-state index contributed by atoms with van der Waals surface area (Å²) >= 11 is 0. The Labute approximate surface area is 129 Å². The quantitative estimate of drug-likeness (QED) is 0.790. The van der Waals surface area contributed by atoms with E-state index in [0.29, 0.717) is 19.1 Å². The average Bonchev–Trinajstić information content (AvgIpc) is 2.99. The minimum Gasteiger partial charge on any atom is -0.352 e. The Kier molecular flexibility index (Phi) is 6.06. The average molecular weight is 295 g/mol. The van der Waals surface area contributed by atoms with Crippen LogP contribution in [-0.4, -0.2) is 42.0 Å². The number of nitrogens with zero attached hydrogens (tertiary/aromatic N) is 1. The van der Waals surface area contributed by atoms with E-state index in [0.717, 1.165) is 38.1 Å². The van der Waals surface area contributed by atoms with Crippen molar-refractivity contribution in [3.05, 3.63) is 0 Å². The highest BCUT2D eigenvalue weighted by Crippen LogP contribution is 2.35. The molecule has 0 atom stereocenters. The molecule has 0 unspecified atom stereocenters. The summed E-state index contributed by atoms with van der Waals surface area (Å²) in [4.78, 5) is 14.7. The van der Waals surface area contributed by atoms with Crippen molar-refractivity contribution in [2.24, 2.45) is 11.7 Å². The number of amides is 1. The number of rotatable bonds is 6. The monoisotopic (exact) mass is 295 g/mol. The molecule has 2 saturated carbocycles. The molecule has 2 aliphatic carbocycles. The molecule has 2 aliphatic rings. The van der Waals surface area contributed by atoms with Gasteiger partial charge in [-0.15, -0.1) is 0 Å². The Morgan fingerprint density at radius 1 is 1.24 bits per heavy atom. The first-order valence-corrected chi connectivity index (χ1v) is 8.84. The van der Waals surface area contributed by atoms with Gasteiger partial charge in [-0.3, -0.25) is 9.69 Å². The zero-order valence-corrected chi connectivity index (χ0v) is 13.9. The summed E-state index contributed by atoms with van der Waals surface area (Å²) in [6.07, 6.45) is 9.55. The fraction of sp³-hybridized carbons (Fsp3) is 0.941. The van der Waals surface area contributed by atoms with E-state index in [1.807, 2.05) is 0 Å². The predicted octanol–water partition coefficient (Wildman–Crippen LogP) is 2.27. The number of likely N-dealkylation sites (N-methyl/N-ethyl adjacent to an activating group) is 1. The van der Waals surface area contributed by atoms with Crippen LogP contribution < -0.4 is 11.1 Å². The normalized spacial score (nSPS) is 30.8. The highest BCUT2D eigenvalue weighted by Gasteiger charge is 2.38. The van der Waals surface area contributed by atoms with Crippen LogP contribution in [0.4, 0.5) is 0 Å². The highest BCUT2D eigenvalue weighted by molar-refractivity contribution is 5.78. The van der Waals surface area contributed by atoms with E-state index >= 15 is 0 Å². The van der Waals surface area contributed by atoms with Gasteiger partial charge in [-0.1, -0.05) is 26.7 Å². The minimum atomic E-state index is 0.0499. The fourth-order valence-corrected chi connectivity index (χ4v) is 4.08. The second-order valence-corrected chi connectivity index (χ2v) is 7.17. The van der Waals surface area contributed by atoms with E-state index in [2.05, 4.69) is 24.1 Å². The van der Waals surface area contributed by atoms with E-state index in [1.54, 1.807) is 0 Å². The first-order chi connectivity index (χ1) is 10.1. The molecule has 0 spiro atoms. The third-order valence-corrected chi connectivity index (χ3v) is 5.69. The molecule has 122 valence electrons. The first-order valence-electron chi connectivity index (χ1n) is 8.84. The molecule has 0 saturated heterocycles. The van der Waals surface area contributed by atoms with Gasteiger partial charge in [0.1, 0.15) is 0 Å². The number of carbonyl (C=O) groups excluding carboxylic acids is 1. The maximum absolute atomic E-state index is 12.3. The molecule has 0 aromatic heterocycles. The molecular formula is C17H33N3O. The van der Waals surface area contributed by atoms with Gasteiger partial charge in [0.25, 0.3) is 0 Å². The summed E-state index contributed by atoms with van der Waals surface area (Å²) in [5, 5.41) is 3.21. The summed E-state index contributed by atoms with van der Waals surface area (Å²) in [6.45, 7) is 6.56. The van der Waals surface area contributed by atoms with Crippen molar-refractivity contribution < 1.29 is 4.79 Å². The van der Waals surface area contributed by atoms with E-state index in [4.69, 9.17) is 5.73 Å². The standard InChI is InChI=1S/C17H33N3O/c1-3-20(12-16(21)19-15-6-4-5-7-15)17(13-18)10-8-14(2)9-11-17/h14-15H,3-13,18H2,1-2H3,(H,19,21). The zero-order chi connectivity index (χ0) is 15.3. The van der Waals surface area contributed by atoms with Gasteiger partial charge in [-0.05, 0) is 51.0 Å². The summed E-state index contributed by atoms with van der Waals surface area (Å²) in [7, 11) is 0. The van der Waals surface area contributed by atoms with Crippen molar-refractivity contribution in [1.29, 1.82) is 0 Å². The maximum Gasteiger partial charge on any atom is 0.234 e. The third kappa shape index (κ3) is 4.19. The minimum absolute atomic E-state index is 0.0499. The van der Waals surface area contributed by atoms with E-state index < -0.39 is 0 Å². The molecule has 0 aromatic rings. The van der Waals surface area contributed by atoms with Crippen LogP contribution in [0.3, 0.4) is 0 Å². The Bertz CT molecular complexity index is 331. The second-order valence-electron chi connectivity index (χ2n) is 7.17. The smallest absolute Gasteiger partial charge is 0.234 e. The fourth-order valence-electron chi connectivity index (χ4n) is 4.08. The van der Waals surface area contributed by atoms with Gasteiger partial charge < -0.3 is 11.1 Å². The van der Waals surface area contributed by atoms with Crippen LogP contribution in [0.2, 0.25) is 0 Å². The molecule has 0 aromatic carbocycles. The lowest BCUT2D eigenvalue weighted by molar-refractivity contribution is -0.125. The largest absolute Gasteiger partial charge is 0.352 e. The summed E-state index contributed by atoms with van der Waals surface area (Å²) < 4.78 is 0. The number of nitrogens with one attached hydrogen (secondary N) is 1. The van der Waals surface area contributed by atoms with Gasteiger partial charge in [0, 0.05) is 18.1 Å². The molecule has 21 heavy (non-hydrogen) atoms. The second kappa shape index (κ2) is 7.59. The van der Waals surface area contributed by atoms with Crippen molar-refractivity contribution in [2.75, 3.05) is 19.6 Å². The number of carbonyl (C=O) groups is 1. The molecule has 2 rings (SSSR count). The Morgan fingerprint density at radius 3 is 2.38 bits per heavy atom. The Balaban J connectivity index is 1.92. The Morgan fingerprint density at radius 2 is 1.86 bits per heavy atom. The number of hydrogen-bond donors (Lipinski definition) is 2. The van der Waals surface area contributed by atoms with Gasteiger partial charge in [-0.25, -0.2) is 0 Å². The SMILES string of the molecule is CCN(CC(=O)NC1CCCC1)C1(CN)CCC(C)CC1. The maximum atomic E-state index is 12.3. The van der Waals surface area contributed by atoms with Gasteiger partial charge in [0.2, 0.25) is 5.91 Å². The van der Waals surface area contributed by atoms with E-state index in [1.165, 1.54) is 25.7 Å². The predicted molar refractivity (Wildman–Crippen MR) is 87.1 cm³/mol. The van der Waals surface area contributed by atoms with Crippen molar-refractivity contribution in [2.45, 2.75) is 76.8 Å². The van der Waals surface area contributed by atoms with Crippen molar-refractivity contribution in [3.8, 4) is 0 Å². The van der Waals surface area contributed by atoms with Crippen LogP contribution >= 0.6 is 0 Å². The highest BCUT2D eigenvalue weighted by atomic mass is 16.2. The van der Waals surface area contributed by atoms with E-state index in [-0.39, 0.29) is 11.4 Å². The number of nitrogens with two attached hydrogens (primary N) is 1. The van der Waals surface area contributed by atoms with E-state index in [9.17, 15) is 4.79 Å². The van der Waals surface area contributed by atoms with Gasteiger partial charge in [-0.2, -0.15) is 0 Å². The van der Waals surface area contributed by atoms with Crippen LogP contribution in [0, 0.1) is 5.92 Å². The van der Waals surface area contributed by atoms with Crippen LogP contribution in [0.1, 0.15) is 65.2 Å². The van der Waals surface area contributed by atoms with Crippen molar-refractivity contribution >= 4 is 5.91 Å². The van der Waals surface area contributed by atoms with Crippen LogP contribution in [-0.2, 0) is 4.79 Å². The molecule has 4 heteroatoms. The lowest BCUT2D eigenvalue weighted by Gasteiger charge is -2.46. The lowest BCUT2D eigenvalue weighted by atomic mass is 9.76. The molecule has 0 radical (unpaired) electrons. The molecule has 2 fully saturated rings. The van der Waals surface area contributed by atoms with Crippen LogP contribution in [0.5, 0.6) is 0 Å². The summed E-state index contributed by atoms with van der Waals surface area (Å²) in [5.74, 6) is 0.992. The molecular weight excluding hydrogens is 262 g/mol. The van der Waals surface area contributed by atoms with Gasteiger partial charge >= 0.3 is 0 Å². The van der Waals surface area contributed by atoms with Crippen molar-refractivity contribution in [3.63, 3.8) is 0 Å². The van der Waals surface area contributed by atoms with Gasteiger partial charge in [0.05, 0.1) is 6.54 Å². The Hall–Kier alpha value is -0.610. The molecule has 0 bridgehead atoms. The molecule has 1 amide bonds. The third-order valence-electron chi connectivity index (χ3n) is 5.69. The summed E-state index contributed by atoms with van der Waals surface area (Å²) in [6, 6.07) is 0.413. The van der Waals surface area contributed by atoms with Gasteiger partial charge in [0.15, 0.2) is 0 Å². The molecule has 3 N–H and O–H groups in total. The van der Waals surface area contributed by atoms with Crippen molar-refractivity contribution in [1.82, 2.24) is 10.2 Å². The molecule has 0 aliphatic heterocycles. The van der Waals surface area contributed by atoms with Crippen LogP contribution in [0.15, 0.2) is 0 Å². The van der Waals surface area contributed by atoms with Crippen LogP contribution in [0.25, 0.3) is 0 Å².